The molecule has 0 saturated carbocycles. The van der Waals surface area contributed by atoms with Crippen LogP contribution in [0.15, 0.2) is 0 Å². The van der Waals surface area contributed by atoms with Crippen LogP contribution in [0.2, 0.25) is 0 Å². The number of hydrogen-bond donors (Lipinski definition) is 0. The van der Waals surface area contributed by atoms with E-state index in [4.69, 9.17) is 0 Å². The average Bonchev–Trinajstić information content (AvgIpc) is 2.14. The molecule has 0 amide bonds. The third kappa shape index (κ3) is 4.45. The van der Waals surface area contributed by atoms with E-state index in [0.717, 1.165) is 11.8 Å². The molecule has 0 aliphatic carbocycles. The van der Waals surface area contributed by atoms with Crippen molar-refractivity contribution in [3.8, 4) is 0 Å². The molecule has 1 aliphatic heterocycles. The van der Waals surface area contributed by atoms with Crippen molar-refractivity contribution in [3.05, 3.63) is 0 Å². The molecule has 1 fully saturated rings. The smallest absolute Gasteiger partial charge is 0.000976 e. The van der Waals surface area contributed by atoms with Crippen LogP contribution in [0.5, 0.6) is 0 Å². The summed E-state index contributed by atoms with van der Waals surface area (Å²) in [7, 11) is 0. The van der Waals surface area contributed by atoms with Gasteiger partial charge in [0, 0.05) is 6.54 Å². The Morgan fingerprint density at radius 3 is 2.79 bits per heavy atom. The van der Waals surface area contributed by atoms with Crippen molar-refractivity contribution in [2.75, 3.05) is 19.6 Å². The molecule has 14 heavy (non-hydrogen) atoms. The zero-order valence-corrected chi connectivity index (χ0v) is 10.3. The first-order valence-corrected chi connectivity index (χ1v) is 6.44. The lowest BCUT2D eigenvalue weighted by molar-refractivity contribution is 0.158. The Hall–Kier alpha value is -0.0400. The first kappa shape index (κ1) is 12.0. The summed E-state index contributed by atoms with van der Waals surface area (Å²) in [5.74, 6) is 1.87. The molecule has 1 heteroatoms. The molecule has 1 rings (SSSR count). The van der Waals surface area contributed by atoms with Gasteiger partial charge in [0.25, 0.3) is 0 Å². The first-order chi connectivity index (χ1) is 6.72. The minimum Gasteiger partial charge on any atom is -0.303 e. The van der Waals surface area contributed by atoms with Crippen LogP contribution < -0.4 is 0 Å². The lowest BCUT2D eigenvalue weighted by Crippen LogP contribution is -2.36. The molecular formula is C13H27N. The van der Waals surface area contributed by atoms with E-state index in [-0.39, 0.29) is 0 Å². The van der Waals surface area contributed by atoms with Crippen LogP contribution in [0.3, 0.4) is 0 Å². The fourth-order valence-corrected chi connectivity index (χ4v) is 2.60. The highest BCUT2D eigenvalue weighted by atomic mass is 15.1. The summed E-state index contributed by atoms with van der Waals surface area (Å²) in [6, 6.07) is 0. The van der Waals surface area contributed by atoms with Crippen molar-refractivity contribution >= 4 is 0 Å². The van der Waals surface area contributed by atoms with Gasteiger partial charge in [-0.15, -0.1) is 0 Å². The molecule has 0 aromatic carbocycles. The van der Waals surface area contributed by atoms with Gasteiger partial charge in [-0.25, -0.2) is 0 Å². The normalized spacial score (nSPS) is 24.4. The second-order valence-corrected chi connectivity index (χ2v) is 5.29. The second kappa shape index (κ2) is 6.44. The molecule has 0 aromatic heterocycles. The Bertz CT molecular complexity index is 142. The van der Waals surface area contributed by atoms with E-state index in [1.807, 2.05) is 0 Å². The molecule has 1 atom stereocenters. The maximum absolute atomic E-state index is 2.68. The maximum Gasteiger partial charge on any atom is 0.000976 e. The molecule has 1 saturated heterocycles. The van der Waals surface area contributed by atoms with E-state index in [9.17, 15) is 0 Å². The number of piperidine rings is 1. The molecule has 1 nitrogen and oxygen atoms in total. The van der Waals surface area contributed by atoms with E-state index < -0.39 is 0 Å². The predicted molar refractivity (Wildman–Crippen MR) is 63.5 cm³/mol. The van der Waals surface area contributed by atoms with Gasteiger partial charge in [0.2, 0.25) is 0 Å². The molecular weight excluding hydrogens is 170 g/mol. The van der Waals surface area contributed by atoms with Crippen molar-refractivity contribution in [2.45, 2.75) is 52.9 Å². The van der Waals surface area contributed by atoms with Crippen LogP contribution in [0.25, 0.3) is 0 Å². The summed E-state index contributed by atoms with van der Waals surface area (Å²) < 4.78 is 0. The van der Waals surface area contributed by atoms with Gasteiger partial charge in [0.1, 0.15) is 0 Å². The molecule has 0 N–H and O–H groups in total. The molecule has 0 aromatic rings. The maximum atomic E-state index is 2.68. The molecule has 0 radical (unpaired) electrons. The Morgan fingerprint density at radius 1 is 1.36 bits per heavy atom. The first-order valence-electron chi connectivity index (χ1n) is 6.44. The van der Waals surface area contributed by atoms with Crippen molar-refractivity contribution in [1.82, 2.24) is 4.90 Å². The van der Waals surface area contributed by atoms with Crippen molar-refractivity contribution < 1.29 is 0 Å². The zero-order valence-electron chi connectivity index (χ0n) is 10.3. The van der Waals surface area contributed by atoms with Crippen LogP contribution >= 0.6 is 0 Å². The van der Waals surface area contributed by atoms with E-state index in [1.165, 1.54) is 51.7 Å². The van der Waals surface area contributed by atoms with Gasteiger partial charge in [0.05, 0.1) is 0 Å². The number of likely N-dealkylation sites (tertiary alicyclic amines) is 1. The Balaban J connectivity index is 2.21. The number of unbranched alkanes of at least 4 members (excludes halogenated alkanes) is 1. The highest BCUT2D eigenvalue weighted by molar-refractivity contribution is 4.73. The summed E-state index contributed by atoms with van der Waals surface area (Å²) in [6.45, 7) is 11.1. The van der Waals surface area contributed by atoms with Gasteiger partial charge < -0.3 is 4.90 Å². The highest BCUT2D eigenvalue weighted by Gasteiger charge is 2.19. The zero-order chi connectivity index (χ0) is 10.4. The topological polar surface area (TPSA) is 3.24 Å². The van der Waals surface area contributed by atoms with Gasteiger partial charge in [-0.3, -0.25) is 0 Å². The third-order valence-corrected chi connectivity index (χ3v) is 3.24. The van der Waals surface area contributed by atoms with Crippen LogP contribution in [0, 0.1) is 11.8 Å². The van der Waals surface area contributed by atoms with Gasteiger partial charge in [0.15, 0.2) is 0 Å². The lowest BCUT2D eigenvalue weighted by Gasteiger charge is -2.33. The van der Waals surface area contributed by atoms with Crippen LogP contribution in [0.1, 0.15) is 52.9 Å². The molecule has 1 heterocycles. The van der Waals surface area contributed by atoms with Crippen molar-refractivity contribution in [1.29, 1.82) is 0 Å². The van der Waals surface area contributed by atoms with Crippen LogP contribution in [0.4, 0.5) is 0 Å². The average molecular weight is 197 g/mol. The van der Waals surface area contributed by atoms with Crippen molar-refractivity contribution in [3.63, 3.8) is 0 Å². The number of hydrogen-bond acceptors (Lipinski definition) is 1. The summed E-state index contributed by atoms with van der Waals surface area (Å²) in [5, 5.41) is 0. The van der Waals surface area contributed by atoms with Gasteiger partial charge in [-0.2, -0.15) is 0 Å². The quantitative estimate of drug-likeness (QED) is 0.651. The fourth-order valence-electron chi connectivity index (χ4n) is 2.60. The standard InChI is InChI=1S/C13H27N/c1-4-5-8-14-9-6-7-13(11-14)10-12(2)3/h12-13H,4-11H2,1-3H3. The lowest BCUT2D eigenvalue weighted by atomic mass is 9.90. The van der Waals surface area contributed by atoms with Gasteiger partial charge >= 0.3 is 0 Å². The molecule has 1 aliphatic rings. The molecule has 1 unspecified atom stereocenters. The summed E-state index contributed by atoms with van der Waals surface area (Å²) in [6.07, 6.45) is 7.06. The fraction of sp³-hybridized carbons (Fsp3) is 1.00. The molecule has 84 valence electrons. The Morgan fingerprint density at radius 2 is 2.14 bits per heavy atom. The van der Waals surface area contributed by atoms with Crippen molar-refractivity contribution in [2.24, 2.45) is 11.8 Å². The largest absolute Gasteiger partial charge is 0.303 e. The number of nitrogens with zero attached hydrogens (tertiary/aromatic N) is 1. The summed E-state index contributed by atoms with van der Waals surface area (Å²) in [4.78, 5) is 2.68. The predicted octanol–water partition coefficient (Wildman–Crippen LogP) is 3.54. The highest BCUT2D eigenvalue weighted by Crippen LogP contribution is 2.23. The number of rotatable bonds is 5. The monoisotopic (exact) mass is 197 g/mol. The minimum atomic E-state index is 0.881. The van der Waals surface area contributed by atoms with Gasteiger partial charge in [-0.05, 0) is 50.6 Å². The van der Waals surface area contributed by atoms with Gasteiger partial charge in [-0.1, -0.05) is 27.2 Å². The third-order valence-electron chi connectivity index (χ3n) is 3.24. The summed E-state index contributed by atoms with van der Waals surface area (Å²) in [5.41, 5.74) is 0. The SMILES string of the molecule is CCCCN1CCCC(CC(C)C)C1. The summed E-state index contributed by atoms with van der Waals surface area (Å²) >= 11 is 0. The minimum absolute atomic E-state index is 0.881. The Labute approximate surface area is 89.9 Å². The second-order valence-electron chi connectivity index (χ2n) is 5.29. The molecule has 0 bridgehead atoms. The van der Waals surface area contributed by atoms with E-state index in [0.29, 0.717) is 0 Å². The van der Waals surface area contributed by atoms with Crippen LogP contribution in [-0.4, -0.2) is 24.5 Å². The molecule has 0 spiro atoms. The van der Waals surface area contributed by atoms with E-state index in [2.05, 4.69) is 25.7 Å². The Kier molecular flexibility index (Phi) is 5.54. The van der Waals surface area contributed by atoms with Crippen LogP contribution in [-0.2, 0) is 0 Å². The van der Waals surface area contributed by atoms with E-state index >= 15 is 0 Å². The van der Waals surface area contributed by atoms with E-state index in [1.54, 1.807) is 0 Å².